The molecular weight excluding hydrogens is 305 g/mol. The first kappa shape index (κ1) is 11.5. The number of nitrogens with zero attached hydrogens (tertiary/aromatic N) is 2. The van der Waals surface area contributed by atoms with Crippen molar-refractivity contribution in [3.63, 3.8) is 0 Å². The van der Waals surface area contributed by atoms with E-state index in [1.54, 1.807) is 12.1 Å². The van der Waals surface area contributed by atoms with E-state index in [2.05, 4.69) is 25.9 Å². The van der Waals surface area contributed by atoms with Crippen LogP contribution in [0.25, 0.3) is 10.6 Å². The van der Waals surface area contributed by atoms with Crippen molar-refractivity contribution in [1.82, 2.24) is 9.97 Å². The Bertz CT molecular complexity index is 495. The first-order chi connectivity index (χ1) is 7.48. The molecule has 0 saturated carbocycles. The molecule has 0 radical (unpaired) electrons. The molecule has 2 rings (SSSR count). The molecule has 0 aromatic carbocycles. The second-order valence-electron chi connectivity index (χ2n) is 2.87. The quantitative estimate of drug-likeness (QED) is 0.796. The minimum Gasteiger partial charge on any atom is -0.265 e. The Balaban J connectivity index is 2.47. The first-order valence-corrected chi connectivity index (χ1v) is 5.73. The molecular formula is C9H4BrF3N2S. The molecule has 0 aliphatic carbocycles. The molecule has 0 fully saturated rings. The molecule has 0 N–H and O–H groups in total. The first-order valence-electron chi connectivity index (χ1n) is 4.12. The van der Waals surface area contributed by atoms with Crippen LogP contribution in [0, 0.1) is 0 Å². The van der Waals surface area contributed by atoms with E-state index >= 15 is 0 Å². The van der Waals surface area contributed by atoms with Gasteiger partial charge in [0.2, 0.25) is 0 Å². The number of pyridine rings is 1. The van der Waals surface area contributed by atoms with E-state index in [1.165, 1.54) is 12.4 Å². The van der Waals surface area contributed by atoms with E-state index < -0.39 is 11.9 Å². The Morgan fingerprint density at radius 2 is 1.81 bits per heavy atom. The Hall–Kier alpha value is -0.950. The normalized spacial score (nSPS) is 11.8. The highest BCUT2D eigenvalue weighted by Gasteiger charge is 2.37. The number of hydrogen-bond donors (Lipinski definition) is 0. The molecule has 2 aromatic heterocycles. The summed E-state index contributed by atoms with van der Waals surface area (Å²) < 4.78 is 37.4. The molecule has 7 heteroatoms. The van der Waals surface area contributed by atoms with Gasteiger partial charge in [-0.3, -0.25) is 4.98 Å². The number of thiazole rings is 1. The molecule has 16 heavy (non-hydrogen) atoms. The van der Waals surface area contributed by atoms with Crippen molar-refractivity contribution in [2.24, 2.45) is 0 Å². The summed E-state index contributed by atoms with van der Waals surface area (Å²) in [6.45, 7) is 0. The van der Waals surface area contributed by atoms with E-state index in [1.807, 2.05) is 0 Å². The van der Waals surface area contributed by atoms with Crippen molar-refractivity contribution in [2.75, 3.05) is 0 Å². The highest BCUT2D eigenvalue weighted by Crippen LogP contribution is 2.40. The maximum absolute atomic E-state index is 12.5. The molecule has 0 saturated heterocycles. The summed E-state index contributed by atoms with van der Waals surface area (Å²) in [5.74, 6) is 0. The lowest BCUT2D eigenvalue weighted by molar-refractivity contribution is -0.141. The highest BCUT2D eigenvalue weighted by atomic mass is 79.9. The summed E-state index contributed by atoms with van der Waals surface area (Å²) in [7, 11) is 0. The smallest absolute Gasteiger partial charge is 0.265 e. The Labute approximate surface area is 101 Å². The number of hydrogen-bond acceptors (Lipinski definition) is 3. The van der Waals surface area contributed by atoms with Crippen LogP contribution in [0.1, 0.15) is 5.69 Å². The lowest BCUT2D eigenvalue weighted by Crippen LogP contribution is -2.05. The second kappa shape index (κ2) is 4.14. The molecule has 2 nitrogen and oxygen atoms in total. The maximum atomic E-state index is 12.5. The van der Waals surface area contributed by atoms with Crippen LogP contribution in [0.5, 0.6) is 0 Å². The lowest BCUT2D eigenvalue weighted by Gasteiger charge is -2.01. The van der Waals surface area contributed by atoms with Gasteiger partial charge in [0.15, 0.2) is 5.69 Å². The van der Waals surface area contributed by atoms with Crippen LogP contribution in [-0.4, -0.2) is 9.97 Å². The third kappa shape index (κ3) is 2.25. The van der Waals surface area contributed by atoms with Gasteiger partial charge in [0.05, 0.1) is 0 Å². The fraction of sp³-hybridized carbons (Fsp3) is 0.111. The zero-order valence-electron chi connectivity index (χ0n) is 7.62. The van der Waals surface area contributed by atoms with Crippen molar-refractivity contribution in [2.45, 2.75) is 6.18 Å². The van der Waals surface area contributed by atoms with Gasteiger partial charge in [-0.05, 0) is 28.1 Å². The van der Waals surface area contributed by atoms with Crippen LogP contribution in [0.2, 0.25) is 0 Å². The van der Waals surface area contributed by atoms with Crippen molar-refractivity contribution < 1.29 is 13.2 Å². The van der Waals surface area contributed by atoms with Crippen LogP contribution in [0.3, 0.4) is 0 Å². The number of halogens is 4. The van der Waals surface area contributed by atoms with Crippen molar-refractivity contribution in [3.05, 3.63) is 34.0 Å². The van der Waals surface area contributed by atoms with Crippen LogP contribution >= 0.6 is 27.3 Å². The van der Waals surface area contributed by atoms with E-state index in [0.717, 1.165) is 11.3 Å². The summed E-state index contributed by atoms with van der Waals surface area (Å²) >= 11 is 3.82. The highest BCUT2D eigenvalue weighted by molar-refractivity contribution is 9.11. The van der Waals surface area contributed by atoms with Gasteiger partial charge in [-0.1, -0.05) is 0 Å². The molecule has 0 unspecified atom stereocenters. The van der Waals surface area contributed by atoms with E-state index in [-0.39, 0.29) is 3.79 Å². The summed E-state index contributed by atoms with van der Waals surface area (Å²) in [6.07, 6.45) is -1.41. The summed E-state index contributed by atoms with van der Waals surface area (Å²) in [6, 6.07) is 3.23. The fourth-order valence-electron chi connectivity index (χ4n) is 1.09. The van der Waals surface area contributed by atoms with Crippen molar-refractivity contribution >= 4 is 27.3 Å². The molecule has 0 amide bonds. The van der Waals surface area contributed by atoms with Gasteiger partial charge in [-0.25, -0.2) is 4.98 Å². The standard InChI is InChI=1S/C9H4BrF3N2S/c10-7-6(9(11,12)13)15-8(16-7)5-1-3-14-4-2-5/h1-4H. The van der Waals surface area contributed by atoms with Crippen LogP contribution < -0.4 is 0 Å². The van der Waals surface area contributed by atoms with Gasteiger partial charge in [0, 0.05) is 18.0 Å². The number of rotatable bonds is 1. The van der Waals surface area contributed by atoms with Gasteiger partial charge in [0.25, 0.3) is 0 Å². The predicted molar refractivity (Wildman–Crippen MR) is 58.0 cm³/mol. The zero-order valence-corrected chi connectivity index (χ0v) is 10.0. The third-order valence-corrected chi connectivity index (χ3v) is 3.54. The van der Waals surface area contributed by atoms with E-state index in [9.17, 15) is 13.2 Å². The Kier molecular flexibility index (Phi) is 2.98. The fourth-order valence-corrected chi connectivity index (χ4v) is 2.69. The SMILES string of the molecule is FC(F)(F)c1nc(-c2ccncc2)sc1Br. The molecule has 2 heterocycles. The second-order valence-corrected chi connectivity index (χ2v) is 5.19. The lowest BCUT2D eigenvalue weighted by atomic mass is 10.3. The van der Waals surface area contributed by atoms with Crippen molar-refractivity contribution in [1.29, 1.82) is 0 Å². The number of alkyl halides is 3. The summed E-state index contributed by atoms with van der Waals surface area (Å²) in [5.41, 5.74) is -0.263. The van der Waals surface area contributed by atoms with Gasteiger partial charge in [-0.2, -0.15) is 13.2 Å². The minimum atomic E-state index is -4.43. The average Bonchev–Trinajstić information content (AvgIpc) is 2.61. The molecule has 0 aliphatic rings. The third-order valence-electron chi connectivity index (χ3n) is 1.78. The van der Waals surface area contributed by atoms with Gasteiger partial charge < -0.3 is 0 Å². The van der Waals surface area contributed by atoms with E-state index in [0.29, 0.717) is 10.6 Å². The molecule has 0 bridgehead atoms. The van der Waals surface area contributed by atoms with E-state index in [4.69, 9.17) is 0 Å². The van der Waals surface area contributed by atoms with Gasteiger partial charge in [0.1, 0.15) is 8.79 Å². The zero-order chi connectivity index (χ0) is 11.8. The van der Waals surface area contributed by atoms with Crippen molar-refractivity contribution in [3.8, 4) is 10.6 Å². The largest absolute Gasteiger partial charge is 0.435 e. The molecule has 84 valence electrons. The molecule has 2 aromatic rings. The topological polar surface area (TPSA) is 25.8 Å². The van der Waals surface area contributed by atoms with Crippen LogP contribution in [0.15, 0.2) is 28.3 Å². The maximum Gasteiger partial charge on any atom is 0.435 e. The summed E-state index contributed by atoms with van der Waals surface area (Å²) in [5, 5.41) is 0.321. The minimum absolute atomic E-state index is 0.00758. The van der Waals surface area contributed by atoms with Gasteiger partial charge in [-0.15, -0.1) is 11.3 Å². The number of aromatic nitrogens is 2. The predicted octanol–water partition coefficient (Wildman–Crippen LogP) is 3.99. The van der Waals surface area contributed by atoms with Crippen LogP contribution in [-0.2, 0) is 6.18 Å². The van der Waals surface area contributed by atoms with Gasteiger partial charge >= 0.3 is 6.18 Å². The summed E-state index contributed by atoms with van der Waals surface area (Å²) in [4.78, 5) is 7.36. The Morgan fingerprint density at radius 3 is 2.31 bits per heavy atom. The average molecular weight is 309 g/mol. The monoisotopic (exact) mass is 308 g/mol. The van der Waals surface area contributed by atoms with Crippen LogP contribution in [0.4, 0.5) is 13.2 Å². The molecule has 0 atom stereocenters. The molecule has 0 aliphatic heterocycles. The molecule has 0 spiro atoms. The Morgan fingerprint density at radius 1 is 1.19 bits per heavy atom.